The van der Waals surface area contributed by atoms with Crippen LogP contribution in [0.1, 0.15) is 32.8 Å². The van der Waals surface area contributed by atoms with Crippen molar-refractivity contribution in [2.75, 3.05) is 20.2 Å². The Labute approximate surface area is 137 Å². The Bertz CT molecular complexity index is 464. The van der Waals surface area contributed by atoms with Crippen LogP contribution in [-0.2, 0) is 6.54 Å². The van der Waals surface area contributed by atoms with Gasteiger partial charge in [0, 0.05) is 41.8 Å². The van der Waals surface area contributed by atoms with E-state index >= 15 is 0 Å². The maximum Gasteiger partial charge on any atom is 0.123 e. The van der Waals surface area contributed by atoms with Crippen molar-refractivity contribution in [3.8, 4) is 5.75 Å². The fraction of sp³-hybridized carbons (Fsp3) is 0.647. The Morgan fingerprint density at radius 2 is 2.19 bits per heavy atom. The molecule has 1 N–H and O–H groups in total. The molecular weight excluding hydrogens is 328 g/mol. The molecular formula is C17H27BrN2O. The van der Waals surface area contributed by atoms with Crippen LogP contribution in [0, 0.1) is 5.92 Å². The summed E-state index contributed by atoms with van der Waals surface area (Å²) in [7, 11) is 1.75. The molecule has 0 radical (unpaired) electrons. The number of methoxy groups -OCH3 is 1. The zero-order chi connectivity index (χ0) is 15.4. The molecule has 1 aliphatic heterocycles. The second-order valence-electron chi connectivity index (χ2n) is 6.48. The van der Waals surface area contributed by atoms with Gasteiger partial charge < -0.3 is 10.1 Å². The number of ether oxygens (including phenoxy) is 1. The second-order valence-corrected chi connectivity index (χ2v) is 7.39. The van der Waals surface area contributed by atoms with Gasteiger partial charge in [0.2, 0.25) is 0 Å². The van der Waals surface area contributed by atoms with Gasteiger partial charge in [0.1, 0.15) is 5.75 Å². The van der Waals surface area contributed by atoms with Crippen molar-refractivity contribution in [2.24, 2.45) is 5.92 Å². The van der Waals surface area contributed by atoms with Crippen molar-refractivity contribution in [1.29, 1.82) is 0 Å². The highest BCUT2D eigenvalue weighted by Gasteiger charge is 2.27. The lowest BCUT2D eigenvalue weighted by molar-refractivity contribution is 0.110. The third-order valence-corrected chi connectivity index (χ3v) is 4.58. The smallest absolute Gasteiger partial charge is 0.123 e. The SMILES string of the molecule is COc1ccc(Br)cc1CN1CC(C)NCC1CC(C)C. The highest BCUT2D eigenvalue weighted by atomic mass is 79.9. The van der Waals surface area contributed by atoms with Crippen molar-refractivity contribution in [2.45, 2.75) is 45.8 Å². The second kappa shape index (κ2) is 7.61. The fourth-order valence-electron chi connectivity index (χ4n) is 3.09. The average Bonchev–Trinajstić information content (AvgIpc) is 2.42. The molecule has 1 saturated heterocycles. The maximum absolute atomic E-state index is 5.52. The molecule has 0 aromatic heterocycles. The van der Waals surface area contributed by atoms with E-state index in [4.69, 9.17) is 4.74 Å². The molecule has 1 fully saturated rings. The summed E-state index contributed by atoms with van der Waals surface area (Å²) in [6.45, 7) is 9.98. The molecule has 1 aromatic rings. The molecule has 1 aliphatic rings. The van der Waals surface area contributed by atoms with Crippen LogP contribution in [0.4, 0.5) is 0 Å². The van der Waals surface area contributed by atoms with E-state index in [-0.39, 0.29) is 0 Å². The largest absolute Gasteiger partial charge is 0.496 e. The summed E-state index contributed by atoms with van der Waals surface area (Å²) in [5.41, 5.74) is 1.26. The van der Waals surface area contributed by atoms with Crippen molar-refractivity contribution < 1.29 is 4.74 Å². The zero-order valence-corrected chi connectivity index (χ0v) is 15.1. The molecule has 2 rings (SSSR count). The van der Waals surface area contributed by atoms with Gasteiger partial charge in [0.05, 0.1) is 7.11 Å². The molecule has 21 heavy (non-hydrogen) atoms. The van der Waals surface area contributed by atoms with Gasteiger partial charge in [-0.15, -0.1) is 0 Å². The number of nitrogens with zero attached hydrogens (tertiary/aromatic N) is 1. The lowest BCUT2D eigenvalue weighted by Gasteiger charge is -2.40. The Hall–Kier alpha value is -0.580. The van der Waals surface area contributed by atoms with Crippen molar-refractivity contribution in [3.05, 3.63) is 28.2 Å². The first-order valence-electron chi connectivity index (χ1n) is 7.79. The van der Waals surface area contributed by atoms with Gasteiger partial charge in [-0.1, -0.05) is 29.8 Å². The normalized spacial score (nSPS) is 23.5. The lowest BCUT2D eigenvalue weighted by atomic mass is 9.98. The predicted molar refractivity (Wildman–Crippen MR) is 91.8 cm³/mol. The molecule has 3 nitrogen and oxygen atoms in total. The van der Waals surface area contributed by atoms with E-state index in [1.807, 2.05) is 12.1 Å². The van der Waals surface area contributed by atoms with Crippen LogP contribution in [0.25, 0.3) is 0 Å². The highest BCUT2D eigenvalue weighted by molar-refractivity contribution is 9.10. The molecule has 0 amide bonds. The molecule has 2 atom stereocenters. The summed E-state index contributed by atoms with van der Waals surface area (Å²) in [6.07, 6.45) is 1.23. The van der Waals surface area contributed by atoms with Crippen LogP contribution in [0.15, 0.2) is 22.7 Å². The number of benzene rings is 1. The number of nitrogens with one attached hydrogen (secondary N) is 1. The Kier molecular flexibility index (Phi) is 6.08. The minimum Gasteiger partial charge on any atom is -0.496 e. The monoisotopic (exact) mass is 354 g/mol. The first-order valence-corrected chi connectivity index (χ1v) is 8.58. The molecule has 0 spiro atoms. The first kappa shape index (κ1) is 16.8. The summed E-state index contributed by atoms with van der Waals surface area (Å²) < 4.78 is 6.63. The molecule has 0 saturated carbocycles. The number of hydrogen-bond acceptors (Lipinski definition) is 3. The summed E-state index contributed by atoms with van der Waals surface area (Å²) in [5, 5.41) is 3.61. The topological polar surface area (TPSA) is 24.5 Å². The van der Waals surface area contributed by atoms with Crippen LogP contribution in [0.3, 0.4) is 0 Å². The van der Waals surface area contributed by atoms with E-state index in [9.17, 15) is 0 Å². The van der Waals surface area contributed by atoms with E-state index in [0.717, 1.165) is 35.8 Å². The summed E-state index contributed by atoms with van der Waals surface area (Å²) in [4.78, 5) is 2.60. The van der Waals surface area contributed by atoms with Crippen molar-refractivity contribution in [3.63, 3.8) is 0 Å². The molecule has 4 heteroatoms. The minimum absolute atomic E-state index is 0.548. The first-order chi connectivity index (χ1) is 9.99. The number of rotatable bonds is 5. The van der Waals surface area contributed by atoms with Gasteiger partial charge >= 0.3 is 0 Å². The third kappa shape index (κ3) is 4.70. The van der Waals surface area contributed by atoms with Gasteiger partial charge in [0.15, 0.2) is 0 Å². The van der Waals surface area contributed by atoms with Crippen molar-refractivity contribution in [1.82, 2.24) is 10.2 Å². The predicted octanol–water partition coefficient (Wildman–Crippen LogP) is 3.67. The summed E-state index contributed by atoms with van der Waals surface area (Å²) >= 11 is 3.57. The molecule has 0 bridgehead atoms. The quantitative estimate of drug-likeness (QED) is 0.872. The van der Waals surface area contributed by atoms with E-state index in [2.05, 4.69) is 53.0 Å². The van der Waals surface area contributed by atoms with Crippen molar-refractivity contribution >= 4 is 15.9 Å². The van der Waals surface area contributed by atoms with Gasteiger partial charge in [-0.2, -0.15) is 0 Å². The summed E-state index contributed by atoms with van der Waals surface area (Å²) in [6, 6.07) is 7.41. The van der Waals surface area contributed by atoms with E-state index in [1.54, 1.807) is 7.11 Å². The van der Waals surface area contributed by atoms with Crippen LogP contribution < -0.4 is 10.1 Å². The lowest BCUT2D eigenvalue weighted by Crippen LogP contribution is -2.55. The fourth-order valence-corrected chi connectivity index (χ4v) is 3.50. The number of piperazine rings is 1. The average molecular weight is 355 g/mol. The van der Waals surface area contributed by atoms with Crippen LogP contribution in [-0.4, -0.2) is 37.2 Å². The third-order valence-electron chi connectivity index (χ3n) is 4.09. The Balaban J connectivity index is 2.15. The van der Waals surface area contributed by atoms with Crippen LogP contribution in [0.5, 0.6) is 5.75 Å². The standard InChI is InChI=1S/C17H27BrN2O/c1-12(2)7-16-9-19-13(3)10-20(16)11-14-8-15(18)5-6-17(14)21-4/h5-6,8,12-13,16,19H,7,9-11H2,1-4H3. The number of halogens is 1. The van der Waals surface area contributed by atoms with Gasteiger partial charge in [-0.3, -0.25) is 4.90 Å². The highest BCUT2D eigenvalue weighted by Crippen LogP contribution is 2.26. The molecule has 0 aliphatic carbocycles. The Morgan fingerprint density at radius 3 is 2.86 bits per heavy atom. The van der Waals surface area contributed by atoms with Crippen LogP contribution in [0.2, 0.25) is 0 Å². The van der Waals surface area contributed by atoms with E-state index < -0.39 is 0 Å². The maximum atomic E-state index is 5.52. The van der Waals surface area contributed by atoms with E-state index in [1.165, 1.54) is 12.0 Å². The molecule has 118 valence electrons. The van der Waals surface area contributed by atoms with Gasteiger partial charge in [-0.25, -0.2) is 0 Å². The zero-order valence-electron chi connectivity index (χ0n) is 13.5. The minimum atomic E-state index is 0.548. The molecule has 1 aromatic carbocycles. The van der Waals surface area contributed by atoms with E-state index in [0.29, 0.717) is 12.1 Å². The van der Waals surface area contributed by atoms with Gasteiger partial charge in [0.25, 0.3) is 0 Å². The number of hydrogen-bond donors (Lipinski definition) is 1. The Morgan fingerprint density at radius 1 is 1.43 bits per heavy atom. The summed E-state index contributed by atoms with van der Waals surface area (Å²) in [5.74, 6) is 1.70. The van der Waals surface area contributed by atoms with Crippen LogP contribution >= 0.6 is 15.9 Å². The van der Waals surface area contributed by atoms with Gasteiger partial charge in [-0.05, 0) is 37.5 Å². The molecule has 2 unspecified atom stereocenters. The molecule has 1 heterocycles.